The highest BCUT2D eigenvalue weighted by Gasteiger charge is 2.22. The number of pyridine rings is 1. The van der Waals surface area contributed by atoms with Crippen molar-refractivity contribution in [1.82, 2.24) is 15.0 Å². The minimum absolute atomic E-state index is 0.0402. The van der Waals surface area contributed by atoms with Crippen molar-refractivity contribution in [2.24, 2.45) is 0 Å². The van der Waals surface area contributed by atoms with Gasteiger partial charge in [0, 0.05) is 25.9 Å². The summed E-state index contributed by atoms with van der Waals surface area (Å²) in [7, 11) is -2.31. The summed E-state index contributed by atoms with van der Waals surface area (Å²) in [5, 5.41) is 2.54. The second kappa shape index (κ2) is 7.17. The fourth-order valence-electron chi connectivity index (χ4n) is 1.38. The van der Waals surface area contributed by atoms with Crippen LogP contribution in [0.3, 0.4) is 0 Å². The second-order valence-corrected chi connectivity index (χ2v) is 5.76. The number of nitrogen functional groups attached to an aromatic ring is 1. The number of rotatable bonds is 7. The van der Waals surface area contributed by atoms with Crippen molar-refractivity contribution in [2.45, 2.75) is 17.9 Å². The first-order valence-electron chi connectivity index (χ1n) is 5.87. The van der Waals surface area contributed by atoms with Gasteiger partial charge >= 0.3 is 0 Å². The van der Waals surface area contributed by atoms with E-state index in [1.54, 1.807) is 0 Å². The highest BCUT2D eigenvalue weighted by atomic mass is 32.2. The summed E-state index contributed by atoms with van der Waals surface area (Å²) >= 11 is 0. The summed E-state index contributed by atoms with van der Waals surface area (Å²) in [4.78, 5) is 15.3. The van der Waals surface area contributed by atoms with E-state index in [1.807, 2.05) is 0 Å². The predicted molar refractivity (Wildman–Crippen MR) is 73.3 cm³/mol. The Morgan fingerprint density at radius 3 is 2.85 bits per heavy atom. The van der Waals surface area contributed by atoms with Crippen LogP contribution in [0.2, 0.25) is 0 Å². The topological polar surface area (TPSA) is 123 Å². The number of aromatic nitrogens is 1. The monoisotopic (exact) mass is 302 g/mol. The third-order valence-corrected chi connectivity index (χ3v) is 3.93. The van der Waals surface area contributed by atoms with Gasteiger partial charge in [-0.15, -0.1) is 0 Å². The maximum atomic E-state index is 12.0. The van der Waals surface area contributed by atoms with Crippen LogP contribution in [-0.4, -0.2) is 45.6 Å². The van der Waals surface area contributed by atoms with Crippen molar-refractivity contribution in [2.75, 3.05) is 26.0 Å². The van der Waals surface area contributed by atoms with Gasteiger partial charge in [-0.1, -0.05) is 0 Å². The average Bonchev–Trinajstić information content (AvgIpc) is 2.38. The highest BCUT2D eigenvalue weighted by Crippen LogP contribution is 2.10. The van der Waals surface area contributed by atoms with Crippen LogP contribution in [0, 0.1) is 0 Å². The number of nitrogens with zero attached hydrogens (tertiary/aromatic N) is 1. The van der Waals surface area contributed by atoms with Gasteiger partial charge in [0.25, 0.3) is 0 Å². The number of nitrogens with two attached hydrogens (primary N) is 1. The Labute approximate surface area is 117 Å². The Balaban J connectivity index is 2.68. The molecule has 1 atom stereocenters. The summed E-state index contributed by atoms with van der Waals surface area (Å²) in [6.07, 6.45) is 1.28. The number of carbonyl (C=O) groups is 1. The molecule has 0 saturated carbocycles. The molecule has 0 radical (unpaired) electrons. The fraction of sp³-hybridized carbons (Fsp3) is 0.455. The Hall–Kier alpha value is -1.71. The zero-order valence-electron chi connectivity index (χ0n) is 11.3. The molecule has 0 bridgehead atoms. The average molecular weight is 302 g/mol. The van der Waals surface area contributed by atoms with Gasteiger partial charge < -0.3 is 15.8 Å². The van der Waals surface area contributed by atoms with Crippen molar-refractivity contribution in [3.8, 4) is 0 Å². The van der Waals surface area contributed by atoms with Crippen LogP contribution in [0.5, 0.6) is 0 Å². The summed E-state index contributed by atoms with van der Waals surface area (Å²) in [5.41, 5.74) is 5.43. The van der Waals surface area contributed by atoms with Gasteiger partial charge in [0.15, 0.2) is 0 Å². The van der Waals surface area contributed by atoms with Crippen LogP contribution in [-0.2, 0) is 19.6 Å². The van der Waals surface area contributed by atoms with E-state index in [2.05, 4.69) is 15.0 Å². The molecule has 0 aromatic carbocycles. The Morgan fingerprint density at radius 1 is 1.55 bits per heavy atom. The van der Waals surface area contributed by atoms with Crippen LogP contribution < -0.4 is 15.8 Å². The molecule has 0 spiro atoms. The van der Waals surface area contributed by atoms with Gasteiger partial charge in [0.05, 0.1) is 17.5 Å². The lowest BCUT2D eigenvalue weighted by Crippen LogP contribution is -2.45. The van der Waals surface area contributed by atoms with Crippen LogP contribution in [0.4, 0.5) is 5.82 Å². The first kappa shape index (κ1) is 16.3. The maximum Gasteiger partial charge on any atom is 0.241 e. The lowest BCUT2D eigenvalue weighted by molar-refractivity contribution is -0.122. The molecule has 0 aliphatic rings. The normalized spacial score (nSPS) is 12.9. The minimum atomic E-state index is -3.82. The molecule has 1 unspecified atom stereocenters. The molecule has 112 valence electrons. The molecule has 1 rings (SSSR count). The summed E-state index contributed by atoms with van der Waals surface area (Å²) in [6, 6.07) is 1.61. The zero-order valence-corrected chi connectivity index (χ0v) is 12.1. The number of methoxy groups -OCH3 is 1. The lowest BCUT2D eigenvalue weighted by atomic mass is 10.3. The van der Waals surface area contributed by atoms with Crippen molar-refractivity contribution in [3.63, 3.8) is 0 Å². The largest absolute Gasteiger partial charge is 0.384 e. The second-order valence-electron chi connectivity index (χ2n) is 4.04. The van der Waals surface area contributed by atoms with Gasteiger partial charge in [-0.25, -0.2) is 13.4 Å². The summed E-state index contributed by atoms with van der Waals surface area (Å²) in [6.45, 7) is 2.11. The van der Waals surface area contributed by atoms with Crippen molar-refractivity contribution >= 4 is 21.7 Å². The molecule has 0 aliphatic heterocycles. The van der Waals surface area contributed by atoms with Crippen LogP contribution in [0.25, 0.3) is 0 Å². The fourth-order valence-corrected chi connectivity index (χ4v) is 2.60. The number of hydrogen-bond acceptors (Lipinski definition) is 6. The number of hydrogen-bond donors (Lipinski definition) is 3. The molecule has 20 heavy (non-hydrogen) atoms. The molecule has 0 aliphatic carbocycles. The van der Waals surface area contributed by atoms with Gasteiger partial charge in [0.2, 0.25) is 15.9 Å². The number of nitrogens with one attached hydrogen (secondary N) is 2. The first-order chi connectivity index (χ1) is 9.36. The number of amides is 1. The van der Waals surface area contributed by atoms with Gasteiger partial charge in [0.1, 0.15) is 5.82 Å². The van der Waals surface area contributed by atoms with Gasteiger partial charge in [-0.2, -0.15) is 4.72 Å². The molecule has 9 heteroatoms. The summed E-state index contributed by atoms with van der Waals surface area (Å²) in [5.74, 6) is -0.349. The molecule has 8 nitrogen and oxygen atoms in total. The molecule has 1 heterocycles. The standard InChI is InChI=1S/C11H18N4O4S/c1-8(11(16)14-5-6-19-2)15-20(17,18)9-3-4-13-10(12)7-9/h3-4,7-8,15H,5-6H2,1-2H3,(H2,12,13)(H,14,16). The smallest absolute Gasteiger partial charge is 0.241 e. The minimum Gasteiger partial charge on any atom is -0.384 e. The molecule has 1 aromatic heterocycles. The number of sulfonamides is 1. The van der Waals surface area contributed by atoms with E-state index in [0.29, 0.717) is 13.2 Å². The highest BCUT2D eigenvalue weighted by molar-refractivity contribution is 7.89. The SMILES string of the molecule is COCCNC(=O)C(C)NS(=O)(=O)c1ccnc(N)c1. The van der Waals surface area contributed by atoms with Crippen molar-refractivity contribution in [3.05, 3.63) is 18.3 Å². The number of anilines is 1. The molecule has 0 fully saturated rings. The van der Waals surface area contributed by atoms with Gasteiger partial charge in [-0.05, 0) is 13.0 Å². The van der Waals surface area contributed by atoms with E-state index in [4.69, 9.17) is 10.5 Å². The van der Waals surface area contributed by atoms with Gasteiger partial charge in [-0.3, -0.25) is 4.79 Å². The quantitative estimate of drug-likeness (QED) is 0.560. The van der Waals surface area contributed by atoms with E-state index in [-0.39, 0.29) is 10.7 Å². The number of carbonyl (C=O) groups excluding carboxylic acids is 1. The number of ether oxygens (including phenoxy) is 1. The van der Waals surface area contributed by atoms with Crippen LogP contribution in [0.1, 0.15) is 6.92 Å². The first-order valence-corrected chi connectivity index (χ1v) is 7.35. The molecule has 0 saturated heterocycles. The van der Waals surface area contributed by atoms with Crippen LogP contribution in [0.15, 0.2) is 23.2 Å². The Morgan fingerprint density at radius 2 is 2.25 bits per heavy atom. The van der Waals surface area contributed by atoms with Crippen molar-refractivity contribution in [1.29, 1.82) is 0 Å². The Bertz CT molecular complexity index is 561. The van der Waals surface area contributed by atoms with Crippen LogP contribution >= 0.6 is 0 Å². The molecule has 1 aromatic rings. The molecular weight excluding hydrogens is 284 g/mol. The molecule has 4 N–H and O–H groups in total. The molecular formula is C11H18N4O4S. The van der Waals surface area contributed by atoms with E-state index in [1.165, 1.54) is 32.4 Å². The van der Waals surface area contributed by atoms with E-state index in [9.17, 15) is 13.2 Å². The summed E-state index contributed by atoms with van der Waals surface area (Å²) < 4.78 is 31.1. The maximum absolute atomic E-state index is 12.0. The van der Waals surface area contributed by atoms with E-state index >= 15 is 0 Å². The third kappa shape index (κ3) is 4.76. The third-order valence-electron chi connectivity index (χ3n) is 2.39. The molecule has 1 amide bonds. The van der Waals surface area contributed by atoms with Crippen molar-refractivity contribution < 1.29 is 17.9 Å². The Kier molecular flexibility index (Phi) is 5.86. The lowest BCUT2D eigenvalue weighted by Gasteiger charge is -2.14. The van der Waals surface area contributed by atoms with E-state index in [0.717, 1.165) is 0 Å². The zero-order chi connectivity index (χ0) is 15.2. The predicted octanol–water partition coefficient (Wildman–Crippen LogP) is -0.907. The van der Waals surface area contributed by atoms with E-state index < -0.39 is 22.0 Å².